The van der Waals surface area contributed by atoms with Crippen LogP contribution in [0, 0.1) is 0 Å². The molecule has 1 aliphatic rings. The second-order valence-electron chi connectivity index (χ2n) is 15.2. The highest BCUT2D eigenvalue weighted by Crippen LogP contribution is 2.47. The number of aliphatic hydroxyl groups excluding tert-OH is 5. The minimum absolute atomic E-state index is 0.104. The Balaban J connectivity index is 2.49. The molecule has 0 aromatic carbocycles. The fraction of sp³-hybridized carbons (Fsp3) is 0.950. The molecule has 0 spiro atoms. The molecule has 54 heavy (non-hydrogen) atoms. The van der Waals surface area contributed by atoms with Crippen molar-refractivity contribution in [3.63, 3.8) is 0 Å². The number of rotatable bonds is 35. The molecule has 0 radical (unpaired) electrons. The van der Waals surface area contributed by atoms with E-state index >= 15 is 0 Å². The molecule has 1 saturated carbocycles. The molecule has 1 rings (SSSR count). The molecule has 0 aliphatic heterocycles. The highest BCUT2D eigenvalue weighted by atomic mass is 31.2. The molecule has 13 nitrogen and oxygen atoms in total. The quantitative estimate of drug-likeness (QED) is 0.0211. The molecule has 0 aromatic heterocycles. The Hall–Kier alpha value is -1.15. The maximum Gasteiger partial charge on any atom is 0.472 e. The summed E-state index contributed by atoms with van der Waals surface area (Å²) in [6.45, 7) is 3.29. The molecule has 320 valence electrons. The van der Waals surface area contributed by atoms with Crippen LogP contribution in [0.25, 0.3) is 0 Å². The molecule has 8 atom stereocenters. The van der Waals surface area contributed by atoms with Crippen molar-refractivity contribution < 1.29 is 63.1 Å². The Labute approximate surface area is 325 Å². The van der Waals surface area contributed by atoms with Crippen LogP contribution in [-0.2, 0) is 32.7 Å². The van der Waals surface area contributed by atoms with Crippen LogP contribution in [0.1, 0.15) is 187 Å². The first-order valence-corrected chi connectivity index (χ1v) is 22.8. The first kappa shape index (κ1) is 50.9. The van der Waals surface area contributed by atoms with E-state index in [4.69, 9.17) is 18.5 Å². The third-order valence-electron chi connectivity index (χ3n) is 10.2. The van der Waals surface area contributed by atoms with Gasteiger partial charge in [0.1, 0.15) is 43.2 Å². The molecule has 0 amide bonds. The van der Waals surface area contributed by atoms with Crippen LogP contribution in [0.2, 0.25) is 0 Å². The summed E-state index contributed by atoms with van der Waals surface area (Å²) in [4.78, 5) is 35.5. The molecule has 0 aromatic rings. The number of hydrogen-bond donors (Lipinski definition) is 6. The molecule has 0 bridgehead atoms. The summed E-state index contributed by atoms with van der Waals surface area (Å²) in [7, 11) is -5.10. The van der Waals surface area contributed by atoms with E-state index in [0.29, 0.717) is 12.8 Å². The molecule has 0 saturated heterocycles. The maximum absolute atomic E-state index is 12.8. The van der Waals surface area contributed by atoms with Gasteiger partial charge in [-0.2, -0.15) is 0 Å². The Bertz CT molecular complexity index is 969. The third-order valence-corrected chi connectivity index (χ3v) is 11.2. The molecule has 1 aliphatic carbocycles. The highest BCUT2D eigenvalue weighted by Gasteiger charge is 2.51. The summed E-state index contributed by atoms with van der Waals surface area (Å²) in [6, 6.07) is 0. The Morgan fingerprint density at radius 1 is 0.500 bits per heavy atom. The number of carbonyl (C=O) groups excluding carboxylic acids is 2. The number of aliphatic hydroxyl groups is 5. The van der Waals surface area contributed by atoms with Crippen molar-refractivity contribution in [2.24, 2.45) is 0 Å². The van der Waals surface area contributed by atoms with E-state index in [1.807, 2.05) is 0 Å². The molecule has 6 unspecified atom stereocenters. The van der Waals surface area contributed by atoms with Crippen molar-refractivity contribution in [3.8, 4) is 0 Å². The van der Waals surface area contributed by atoms with Crippen molar-refractivity contribution >= 4 is 19.8 Å². The second kappa shape index (κ2) is 31.9. The van der Waals surface area contributed by atoms with Gasteiger partial charge >= 0.3 is 19.8 Å². The summed E-state index contributed by atoms with van der Waals surface area (Å²) in [5.41, 5.74) is 0. The Morgan fingerprint density at radius 3 is 1.22 bits per heavy atom. The first-order valence-electron chi connectivity index (χ1n) is 21.3. The number of hydrogen-bond acceptors (Lipinski definition) is 12. The van der Waals surface area contributed by atoms with Crippen LogP contribution < -0.4 is 0 Å². The predicted molar refractivity (Wildman–Crippen MR) is 208 cm³/mol. The smallest absolute Gasteiger partial charge is 0.462 e. The average Bonchev–Trinajstić information content (AvgIpc) is 3.15. The van der Waals surface area contributed by atoms with E-state index in [0.717, 1.165) is 38.5 Å². The van der Waals surface area contributed by atoms with Crippen LogP contribution in [0.3, 0.4) is 0 Å². The van der Waals surface area contributed by atoms with Gasteiger partial charge in [-0.15, -0.1) is 0 Å². The van der Waals surface area contributed by atoms with Gasteiger partial charge in [-0.05, 0) is 12.8 Å². The maximum atomic E-state index is 12.8. The lowest BCUT2D eigenvalue weighted by molar-refractivity contribution is -0.220. The van der Waals surface area contributed by atoms with Gasteiger partial charge in [-0.25, -0.2) is 4.57 Å². The van der Waals surface area contributed by atoms with Crippen LogP contribution in [-0.4, -0.2) is 98.3 Å². The fourth-order valence-electron chi connectivity index (χ4n) is 6.70. The molecular weight excluding hydrogens is 719 g/mol. The van der Waals surface area contributed by atoms with Crippen molar-refractivity contribution in [2.75, 3.05) is 13.2 Å². The SMILES string of the molecule is CCCCCCCCCCCCCCCC(=O)O[C@H](COC(=O)CCCCCCCCCCCCCC)COP(=O)(O)OC1C(O)C(O)C(O)[C@@H](O)C1O. The average molecular weight is 797 g/mol. The Morgan fingerprint density at radius 2 is 0.833 bits per heavy atom. The van der Waals surface area contributed by atoms with Crippen LogP contribution >= 0.6 is 7.82 Å². The number of unbranched alkanes of at least 4 members (excludes halogenated alkanes) is 23. The van der Waals surface area contributed by atoms with Crippen molar-refractivity contribution in [1.82, 2.24) is 0 Å². The van der Waals surface area contributed by atoms with Crippen LogP contribution in [0.15, 0.2) is 0 Å². The van der Waals surface area contributed by atoms with Gasteiger partial charge < -0.3 is 39.9 Å². The zero-order chi connectivity index (χ0) is 40.0. The monoisotopic (exact) mass is 797 g/mol. The van der Waals surface area contributed by atoms with Crippen LogP contribution in [0.4, 0.5) is 0 Å². The molecule has 14 heteroatoms. The summed E-state index contributed by atoms with van der Waals surface area (Å²) >= 11 is 0. The fourth-order valence-corrected chi connectivity index (χ4v) is 7.67. The largest absolute Gasteiger partial charge is 0.472 e. The number of esters is 2. The summed E-state index contributed by atoms with van der Waals surface area (Å²) in [5, 5.41) is 50.0. The molecule has 1 fully saturated rings. The number of phosphoric acid groups is 1. The highest BCUT2D eigenvalue weighted by molar-refractivity contribution is 7.47. The predicted octanol–water partition coefficient (Wildman–Crippen LogP) is 7.33. The second-order valence-corrected chi connectivity index (χ2v) is 16.6. The third kappa shape index (κ3) is 24.5. The van der Waals surface area contributed by atoms with Gasteiger partial charge in [-0.1, -0.05) is 162 Å². The lowest BCUT2D eigenvalue weighted by Crippen LogP contribution is -2.64. The van der Waals surface area contributed by atoms with E-state index in [1.165, 1.54) is 109 Å². The lowest BCUT2D eigenvalue weighted by atomic mass is 9.85. The summed E-state index contributed by atoms with van der Waals surface area (Å²) < 4.78 is 33.4. The van der Waals surface area contributed by atoms with Gasteiger partial charge in [0.15, 0.2) is 6.10 Å². The van der Waals surface area contributed by atoms with Crippen molar-refractivity contribution in [1.29, 1.82) is 0 Å². The zero-order valence-corrected chi connectivity index (χ0v) is 34.4. The normalized spacial score (nSPS) is 23.2. The Kier molecular flexibility index (Phi) is 30.0. The van der Waals surface area contributed by atoms with Gasteiger partial charge in [-0.3, -0.25) is 18.6 Å². The minimum Gasteiger partial charge on any atom is -0.462 e. The van der Waals surface area contributed by atoms with Crippen molar-refractivity contribution in [3.05, 3.63) is 0 Å². The number of ether oxygens (including phenoxy) is 2. The zero-order valence-electron chi connectivity index (χ0n) is 33.5. The van der Waals surface area contributed by atoms with Gasteiger partial charge in [0.2, 0.25) is 0 Å². The first-order chi connectivity index (χ1) is 25.9. The topological polar surface area (TPSA) is 210 Å². The molecular formula is C40H77O13P. The minimum atomic E-state index is -5.10. The number of phosphoric ester groups is 1. The van der Waals surface area contributed by atoms with E-state index in [9.17, 15) is 44.6 Å². The van der Waals surface area contributed by atoms with Gasteiger partial charge in [0.05, 0.1) is 6.61 Å². The molecule has 0 heterocycles. The van der Waals surface area contributed by atoms with E-state index < -0.39 is 75.7 Å². The lowest BCUT2D eigenvalue weighted by Gasteiger charge is -2.41. The number of carbonyl (C=O) groups is 2. The van der Waals surface area contributed by atoms with Gasteiger partial charge in [0.25, 0.3) is 0 Å². The van der Waals surface area contributed by atoms with E-state index in [1.54, 1.807) is 0 Å². The molecule has 6 N–H and O–H groups in total. The summed E-state index contributed by atoms with van der Waals surface area (Å²) in [6.07, 6.45) is 16.0. The van der Waals surface area contributed by atoms with Crippen LogP contribution in [0.5, 0.6) is 0 Å². The van der Waals surface area contributed by atoms with E-state index in [2.05, 4.69) is 13.8 Å². The van der Waals surface area contributed by atoms with E-state index in [-0.39, 0.29) is 12.8 Å². The standard InChI is InChI=1S/C40H77O13P/c1-3-5-7-9-11-13-15-17-19-21-23-25-27-29-34(42)52-32(30-50-33(41)28-26-24-22-20-18-16-14-12-10-8-6-4-2)31-51-54(48,49)53-40-38(46)36(44)35(43)37(45)39(40)47/h32,35-40,43-47H,3-31H2,1-2H3,(H,48,49)/t32-,35?,36-,37?,38?,39?,40?/m1/s1. The van der Waals surface area contributed by atoms with Crippen molar-refractivity contribution in [2.45, 2.75) is 230 Å². The van der Waals surface area contributed by atoms with Gasteiger partial charge in [0, 0.05) is 12.8 Å². The summed E-state index contributed by atoms with van der Waals surface area (Å²) in [5.74, 6) is -1.09.